The van der Waals surface area contributed by atoms with Crippen LogP contribution in [0.5, 0.6) is 11.5 Å². The van der Waals surface area contributed by atoms with Gasteiger partial charge in [0.1, 0.15) is 0 Å². The Bertz CT molecular complexity index is 405. The Labute approximate surface area is 101 Å². The molecule has 0 bridgehead atoms. The number of anilines is 2. The standard InChI is InChI=1S/C12H18N2O3/c1-4-5-12(15)14-9-7-11(17-3)10(16-2)6-8(9)13/h6-7H,4-5,13H2,1-3H3,(H,14,15). The number of methoxy groups -OCH3 is 2. The van der Waals surface area contributed by atoms with Crippen LogP contribution >= 0.6 is 0 Å². The van der Waals surface area contributed by atoms with Crippen molar-refractivity contribution < 1.29 is 14.3 Å². The second-order valence-electron chi connectivity index (χ2n) is 3.59. The van der Waals surface area contributed by atoms with Gasteiger partial charge in [0.25, 0.3) is 0 Å². The normalized spacial score (nSPS) is 9.82. The number of amides is 1. The number of ether oxygens (including phenoxy) is 2. The number of hydrogen-bond donors (Lipinski definition) is 2. The van der Waals surface area contributed by atoms with E-state index >= 15 is 0 Å². The molecule has 0 aliphatic carbocycles. The number of carbonyl (C=O) groups is 1. The van der Waals surface area contributed by atoms with E-state index < -0.39 is 0 Å². The molecule has 5 heteroatoms. The molecule has 5 nitrogen and oxygen atoms in total. The molecule has 0 saturated carbocycles. The summed E-state index contributed by atoms with van der Waals surface area (Å²) in [5.41, 5.74) is 6.81. The van der Waals surface area contributed by atoms with Crippen molar-refractivity contribution in [3.63, 3.8) is 0 Å². The zero-order chi connectivity index (χ0) is 12.8. The highest BCUT2D eigenvalue weighted by molar-refractivity contribution is 5.94. The van der Waals surface area contributed by atoms with Crippen molar-refractivity contribution in [3.05, 3.63) is 12.1 Å². The van der Waals surface area contributed by atoms with Gasteiger partial charge < -0.3 is 20.5 Å². The topological polar surface area (TPSA) is 73.6 Å². The predicted molar refractivity (Wildman–Crippen MR) is 67.5 cm³/mol. The van der Waals surface area contributed by atoms with Crippen molar-refractivity contribution in [1.29, 1.82) is 0 Å². The van der Waals surface area contributed by atoms with Crippen LogP contribution in [0.15, 0.2) is 12.1 Å². The molecule has 0 unspecified atom stereocenters. The summed E-state index contributed by atoms with van der Waals surface area (Å²) in [5.74, 6) is 1.01. The van der Waals surface area contributed by atoms with Gasteiger partial charge in [-0.2, -0.15) is 0 Å². The molecular formula is C12H18N2O3. The summed E-state index contributed by atoms with van der Waals surface area (Å²) in [4.78, 5) is 11.5. The van der Waals surface area contributed by atoms with Crippen molar-refractivity contribution in [1.82, 2.24) is 0 Å². The average Bonchev–Trinajstić information content (AvgIpc) is 2.31. The van der Waals surface area contributed by atoms with Crippen LogP contribution in [0.3, 0.4) is 0 Å². The third-order valence-corrected chi connectivity index (χ3v) is 2.31. The zero-order valence-corrected chi connectivity index (χ0v) is 10.4. The molecular weight excluding hydrogens is 220 g/mol. The lowest BCUT2D eigenvalue weighted by Crippen LogP contribution is -2.12. The maximum absolute atomic E-state index is 11.5. The minimum atomic E-state index is -0.0635. The SMILES string of the molecule is CCCC(=O)Nc1cc(OC)c(OC)cc1N. The number of nitrogens with two attached hydrogens (primary N) is 1. The molecule has 1 rings (SSSR count). The lowest BCUT2D eigenvalue weighted by Gasteiger charge is -2.13. The Balaban J connectivity index is 2.96. The molecule has 0 atom stereocenters. The van der Waals surface area contributed by atoms with Gasteiger partial charge in [0.15, 0.2) is 11.5 Å². The van der Waals surface area contributed by atoms with E-state index in [1.807, 2.05) is 6.92 Å². The minimum Gasteiger partial charge on any atom is -0.493 e. The molecule has 0 aliphatic heterocycles. The fraction of sp³-hybridized carbons (Fsp3) is 0.417. The third kappa shape index (κ3) is 3.27. The van der Waals surface area contributed by atoms with Crippen molar-refractivity contribution >= 4 is 17.3 Å². The van der Waals surface area contributed by atoms with Crippen molar-refractivity contribution in [2.24, 2.45) is 0 Å². The Hall–Kier alpha value is -1.91. The van der Waals surface area contributed by atoms with Crippen LogP contribution in [0.1, 0.15) is 19.8 Å². The van der Waals surface area contributed by atoms with E-state index in [1.165, 1.54) is 14.2 Å². The van der Waals surface area contributed by atoms with Crippen LogP contribution in [-0.4, -0.2) is 20.1 Å². The summed E-state index contributed by atoms with van der Waals surface area (Å²) in [6, 6.07) is 3.28. The fourth-order valence-corrected chi connectivity index (χ4v) is 1.44. The van der Waals surface area contributed by atoms with Crippen molar-refractivity contribution in [3.8, 4) is 11.5 Å². The Kier molecular flexibility index (Phi) is 4.63. The molecule has 1 aromatic rings. The summed E-state index contributed by atoms with van der Waals surface area (Å²) >= 11 is 0. The molecule has 94 valence electrons. The van der Waals surface area contributed by atoms with Gasteiger partial charge >= 0.3 is 0 Å². The van der Waals surface area contributed by atoms with Crippen LogP contribution in [0.4, 0.5) is 11.4 Å². The lowest BCUT2D eigenvalue weighted by atomic mass is 10.2. The van der Waals surface area contributed by atoms with Crippen molar-refractivity contribution in [2.75, 3.05) is 25.3 Å². The Morgan fingerprint density at radius 3 is 2.41 bits per heavy atom. The lowest BCUT2D eigenvalue weighted by molar-refractivity contribution is -0.116. The zero-order valence-electron chi connectivity index (χ0n) is 10.4. The van der Waals surface area contributed by atoms with Crippen molar-refractivity contribution in [2.45, 2.75) is 19.8 Å². The molecule has 0 heterocycles. The molecule has 0 fully saturated rings. The van der Waals surface area contributed by atoms with E-state index in [0.29, 0.717) is 29.3 Å². The van der Waals surface area contributed by atoms with Gasteiger partial charge in [-0.25, -0.2) is 0 Å². The molecule has 0 spiro atoms. The average molecular weight is 238 g/mol. The Morgan fingerprint density at radius 1 is 1.29 bits per heavy atom. The molecule has 0 saturated heterocycles. The van der Waals surface area contributed by atoms with E-state index in [-0.39, 0.29) is 5.91 Å². The van der Waals surface area contributed by atoms with Crippen LogP contribution in [0.25, 0.3) is 0 Å². The van der Waals surface area contributed by atoms with Gasteiger partial charge in [0, 0.05) is 18.6 Å². The first-order valence-corrected chi connectivity index (χ1v) is 5.43. The number of benzene rings is 1. The van der Waals surface area contributed by atoms with E-state index in [0.717, 1.165) is 6.42 Å². The number of nitrogens with one attached hydrogen (secondary N) is 1. The minimum absolute atomic E-state index is 0.0635. The van der Waals surface area contributed by atoms with Gasteiger partial charge in [-0.15, -0.1) is 0 Å². The largest absolute Gasteiger partial charge is 0.493 e. The number of rotatable bonds is 5. The van der Waals surface area contributed by atoms with E-state index in [1.54, 1.807) is 12.1 Å². The highest BCUT2D eigenvalue weighted by Crippen LogP contribution is 2.34. The highest BCUT2D eigenvalue weighted by atomic mass is 16.5. The molecule has 3 N–H and O–H groups in total. The number of carbonyl (C=O) groups excluding carboxylic acids is 1. The first-order chi connectivity index (χ1) is 8.12. The molecule has 1 amide bonds. The van der Waals surface area contributed by atoms with Crippen LogP contribution in [0.2, 0.25) is 0 Å². The second kappa shape index (κ2) is 5.98. The van der Waals surface area contributed by atoms with Crippen LogP contribution in [0, 0.1) is 0 Å². The van der Waals surface area contributed by atoms with Gasteiger partial charge in [-0.05, 0) is 6.42 Å². The number of hydrogen-bond acceptors (Lipinski definition) is 4. The fourth-order valence-electron chi connectivity index (χ4n) is 1.44. The summed E-state index contributed by atoms with van der Waals surface area (Å²) in [6.07, 6.45) is 1.26. The van der Waals surface area contributed by atoms with E-state index in [4.69, 9.17) is 15.2 Å². The molecule has 0 aliphatic rings. The Morgan fingerprint density at radius 2 is 1.88 bits per heavy atom. The van der Waals surface area contributed by atoms with Gasteiger partial charge in [-0.1, -0.05) is 6.92 Å². The summed E-state index contributed by atoms with van der Waals surface area (Å²) < 4.78 is 10.2. The molecule has 1 aromatic carbocycles. The maximum Gasteiger partial charge on any atom is 0.224 e. The molecule has 0 aromatic heterocycles. The monoisotopic (exact) mass is 238 g/mol. The van der Waals surface area contributed by atoms with Crippen LogP contribution < -0.4 is 20.5 Å². The second-order valence-corrected chi connectivity index (χ2v) is 3.59. The summed E-state index contributed by atoms with van der Waals surface area (Å²) in [6.45, 7) is 1.94. The van der Waals surface area contributed by atoms with Gasteiger partial charge in [0.05, 0.1) is 25.6 Å². The first-order valence-electron chi connectivity index (χ1n) is 5.43. The smallest absolute Gasteiger partial charge is 0.224 e. The quantitative estimate of drug-likeness (QED) is 0.770. The first kappa shape index (κ1) is 13.2. The van der Waals surface area contributed by atoms with E-state index in [2.05, 4.69) is 5.32 Å². The van der Waals surface area contributed by atoms with E-state index in [9.17, 15) is 4.79 Å². The van der Waals surface area contributed by atoms with Gasteiger partial charge in [0.2, 0.25) is 5.91 Å². The molecule has 17 heavy (non-hydrogen) atoms. The third-order valence-electron chi connectivity index (χ3n) is 2.31. The maximum atomic E-state index is 11.5. The predicted octanol–water partition coefficient (Wildman–Crippen LogP) is 2.02. The van der Waals surface area contributed by atoms with Crippen LogP contribution in [-0.2, 0) is 4.79 Å². The highest BCUT2D eigenvalue weighted by Gasteiger charge is 2.10. The summed E-state index contributed by atoms with van der Waals surface area (Å²) in [7, 11) is 3.07. The molecule has 0 radical (unpaired) electrons. The summed E-state index contributed by atoms with van der Waals surface area (Å²) in [5, 5.41) is 2.74. The number of nitrogen functional groups attached to an aromatic ring is 1. The van der Waals surface area contributed by atoms with Gasteiger partial charge in [-0.3, -0.25) is 4.79 Å².